The largest absolute Gasteiger partial charge is 0.259 e. The van der Waals surface area contributed by atoms with E-state index >= 15 is 0 Å². The van der Waals surface area contributed by atoms with Crippen LogP contribution in [-0.2, 0) is 16.6 Å². The van der Waals surface area contributed by atoms with Crippen LogP contribution in [0.25, 0.3) is 0 Å². The quantitative estimate of drug-likeness (QED) is 0.769. The van der Waals surface area contributed by atoms with E-state index in [-0.39, 0.29) is 4.75 Å². The topological polar surface area (TPSA) is 53.8 Å². The van der Waals surface area contributed by atoms with E-state index in [2.05, 4.69) is 4.98 Å². The van der Waals surface area contributed by atoms with Gasteiger partial charge in [0.15, 0.2) is 0 Å². The first-order valence-corrected chi connectivity index (χ1v) is 5.99. The summed E-state index contributed by atoms with van der Waals surface area (Å²) < 4.78 is 11.6. The lowest BCUT2D eigenvalue weighted by Gasteiger charge is -2.17. The molecule has 1 aromatic heterocycles. The van der Waals surface area contributed by atoms with Crippen molar-refractivity contribution in [2.75, 3.05) is 0 Å². The average molecular weight is 222 g/mol. The molecule has 0 aliphatic heterocycles. The number of aromatic nitrogens is 1. The summed E-state index contributed by atoms with van der Waals surface area (Å²) in [5.41, 5.74) is 1.27. The Hall–Kier alpha value is -1.21. The lowest BCUT2D eigenvalue weighted by molar-refractivity contribution is 0.648. The van der Waals surface area contributed by atoms with Gasteiger partial charge in [-0.15, -0.1) is 0 Å². The van der Waals surface area contributed by atoms with Crippen LogP contribution in [0.15, 0.2) is 18.3 Å². The van der Waals surface area contributed by atoms with E-state index in [4.69, 9.17) is 5.26 Å². The van der Waals surface area contributed by atoms with Crippen molar-refractivity contribution in [1.29, 1.82) is 5.26 Å². The van der Waals surface area contributed by atoms with Gasteiger partial charge in [0, 0.05) is 27.5 Å². The number of rotatable bonds is 2. The van der Waals surface area contributed by atoms with Crippen molar-refractivity contribution in [3.63, 3.8) is 0 Å². The second-order valence-electron chi connectivity index (χ2n) is 4.26. The molecule has 1 atom stereocenters. The number of pyridine rings is 1. The molecule has 0 saturated carbocycles. The zero-order valence-electron chi connectivity index (χ0n) is 9.15. The van der Waals surface area contributed by atoms with E-state index < -0.39 is 10.8 Å². The van der Waals surface area contributed by atoms with E-state index in [9.17, 15) is 4.21 Å². The van der Waals surface area contributed by atoms with Gasteiger partial charge in [0.05, 0.1) is 0 Å². The van der Waals surface area contributed by atoms with Gasteiger partial charge < -0.3 is 0 Å². The molecule has 1 aromatic rings. The number of nitrogens with zero attached hydrogens (tertiary/aromatic N) is 2. The summed E-state index contributed by atoms with van der Waals surface area (Å²) in [6, 6.07) is 5.45. The maximum absolute atomic E-state index is 11.8. The van der Waals surface area contributed by atoms with Crippen molar-refractivity contribution in [2.24, 2.45) is 0 Å². The third-order valence-electron chi connectivity index (χ3n) is 1.92. The summed E-state index contributed by atoms with van der Waals surface area (Å²) in [5, 5.41) is 8.67. The van der Waals surface area contributed by atoms with Crippen LogP contribution in [0.5, 0.6) is 0 Å². The van der Waals surface area contributed by atoms with Crippen LogP contribution >= 0.6 is 0 Å². The van der Waals surface area contributed by atoms with Crippen LogP contribution in [-0.4, -0.2) is 13.9 Å². The fourth-order valence-electron chi connectivity index (χ4n) is 0.993. The van der Waals surface area contributed by atoms with Crippen LogP contribution in [0.1, 0.15) is 32.0 Å². The molecular weight excluding hydrogens is 208 g/mol. The molecule has 0 aromatic carbocycles. The van der Waals surface area contributed by atoms with E-state index in [0.717, 1.165) is 5.56 Å². The third kappa shape index (κ3) is 3.45. The Balaban J connectivity index is 2.83. The summed E-state index contributed by atoms with van der Waals surface area (Å²) >= 11 is 0. The summed E-state index contributed by atoms with van der Waals surface area (Å²) in [6.07, 6.45) is 1.58. The van der Waals surface area contributed by atoms with Crippen molar-refractivity contribution >= 4 is 10.8 Å². The normalized spacial score (nSPS) is 13.2. The summed E-state index contributed by atoms with van der Waals surface area (Å²) in [4.78, 5) is 3.87. The molecule has 1 heterocycles. The van der Waals surface area contributed by atoms with Crippen molar-refractivity contribution in [1.82, 2.24) is 4.98 Å². The Labute approximate surface area is 92.6 Å². The molecule has 1 unspecified atom stereocenters. The van der Waals surface area contributed by atoms with Crippen molar-refractivity contribution in [2.45, 2.75) is 31.3 Å². The molecule has 0 N–H and O–H groups in total. The molecule has 0 spiro atoms. The van der Waals surface area contributed by atoms with Gasteiger partial charge in [0.2, 0.25) is 0 Å². The van der Waals surface area contributed by atoms with Crippen molar-refractivity contribution in [3.8, 4) is 6.07 Å². The monoisotopic (exact) mass is 222 g/mol. The first-order chi connectivity index (χ1) is 6.93. The minimum absolute atomic E-state index is 0.226. The van der Waals surface area contributed by atoms with Crippen LogP contribution in [0.3, 0.4) is 0 Å². The zero-order valence-corrected chi connectivity index (χ0v) is 9.97. The molecule has 0 aliphatic carbocycles. The smallest absolute Gasteiger partial charge is 0.140 e. The van der Waals surface area contributed by atoms with E-state index in [1.807, 2.05) is 26.8 Å². The maximum atomic E-state index is 11.8. The predicted octanol–water partition coefficient (Wildman–Crippen LogP) is 2.00. The van der Waals surface area contributed by atoms with E-state index in [1.165, 1.54) is 0 Å². The minimum atomic E-state index is -0.936. The van der Waals surface area contributed by atoms with Gasteiger partial charge in [-0.1, -0.05) is 0 Å². The van der Waals surface area contributed by atoms with Crippen LogP contribution in [0.2, 0.25) is 0 Å². The van der Waals surface area contributed by atoms with E-state index in [1.54, 1.807) is 18.3 Å². The fourth-order valence-corrected chi connectivity index (χ4v) is 1.91. The zero-order chi connectivity index (χ0) is 11.5. The molecule has 3 nitrogen and oxygen atoms in total. The summed E-state index contributed by atoms with van der Waals surface area (Å²) in [7, 11) is -0.936. The minimum Gasteiger partial charge on any atom is -0.259 e. The van der Waals surface area contributed by atoms with Gasteiger partial charge >= 0.3 is 0 Å². The second-order valence-corrected chi connectivity index (χ2v) is 6.47. The van der Waals surface area contributed by atoms with Gasteiger partial charge in [-0.3, -0.25) is 4.21 Å². The lowest BCUT2D eigenvalue weighted by atomic mass is 10.2. The van der Waals surface area contributed by atoms with Crippen LogP contribution < -0.4 is 0 Å². The highest BCUT2D eigenvalue weighted by molar-refractivity contribution is 7.85. The van der Waals surface area contributed by atoms with Gasteiger partial charge in [-0.2, -0.15) is 5.26 Å². The molecule has 0 radical (unpaired) electrons. The molecule has 4 heteroatoms. The van der Waals surface area contributed by atoms with Crippen molar-refractivity contribution < 1.29 is 4.21 Å². The maximum Gasteiger partial charge on any atom is 0.140 e. The lowest BCUT2D eigenvalue weighted by Crippen LogP contribution is -2.22. The first kappa shape index (κ1) is 11.9. The van der Waals surface area contributed by atoms with Gasteiger partial charge in [0.1, 0.15) is 11.8 Å². The van der Waals surface area contributed by atoms with E-state index in [0.29, 0.717) is 11.4 Å². The standard InChI is InChI=1S/C11H14N2OS/c1-11(2,3)15(14)8-9-4-5-13-10(6-9)7-12/h4-6H,8H2,1-3H3. The highest BCUT2D eigenvalue weighted by Crippen LogP contribution is 2.16. The van der Waals surface area contributed by atoms with Crippen molar-refractivity contribution in [3.05, 3.63) is 29.6 Å². The molecule has 0 saturated heterocycles. The molecule has 0 aliphatic rings. The Morgan fingerprint density at radius 2 is 2.20 bits per heavy atom. The Kier molecular flexibility index (Phi) is 3.59. The molecule has 1 rings (SSSR count). The van der Waals surface area contributed by atoms with Crippen LogP contribution in [0.4, 0.5) is 0 Å². The average Bonchev–Trinajstić information content (AvgIpc) is 2.16. The number of hydrogen-bond acceptors (Lipinski definition) is 3. The van der Waals surface area contributed by atoms with Gasteiger partial charge in [0.25, 0.3) is 0 Å². The Bertz CT molecular complexity index is 415. The SMILES string of the molecule is CC(C)(C)S(=O)Cc1ccnc(C#N)c1. The third-order valence-corrected chi connectivity index (χ3v) is 3.88. The molecule has 0 fully saturated rings. The summed E-state index contributed by atoms with van der Waals surface area (Å²) in [6.45, 7) is 5.82. The van der Waals surface area contributed by atoms with Crippen LogP contribution in [0, 0.1) is 11.3 Å². The molecule has 0 bridgehead atoms. The highest BCUT2D eigenvalue weighted by atomic mass is 32.2. The predicted molar refractivity (Wildman–Crippen MR) is 60.6 cm³/mol. The number of nitriles is 1. The molecule has 15 heavy (non-hydrogen) atoms. The van der Waals surface area contributed by atoms with Gasteiger partial charge in [-0.05, 0) is 38.5 Å². The first-order valence-electron chi connectivity index (χ1n) is 4.67. The van der Waals surface area contributed by atoms with Gasteiger partial charge in [-0.25, -0.2) is 4.98 Å². The summed E-state index contributed by atoms with van der Waals surface area (Å²) in [5.74, 6) is 0.473. The fraction of sp³-hybridized carbons (Fsp3) is 0.455. The highest BCUT2D eigenvalue weighted by Gasteiger charge is 2.19. The molecular formula is C11H14N2OS. The molecule has 80 valence electrons. The molecule has 0 amide bonds. The second kappa shape index (κ2) is 4.54. The Morgan fingerprint density at radius 1 is 1.53 bits per heavy atom. The number of hydrogen-bond donors (Lipinski definition) is 0. The Morgan fingerprint density at radius 3 is 2.73 bits per heavy atom.